The second kappa shape index (κ2) is 11.8. The van der Waals surface area contributed by atoms with E-state index in [9.17, 15) is 0 Å². The summed E-state index contributed by atoms with van der Waals surface area (Å²) in [6, 6.07) is 20.8. The van der Waals surface area contributed by atoms with E-state index >= 15 is 0 Å². The van der Waals surface area contributed by atoms with Crippen molar-refractivity contribution in [2.45, 2.75) is 65.3 Å². The second-order valence-corrected chi connectivity index (χ2v) is 10.6. The van der Waals surface area contributed by atoms with Gasteiger partial charge in [0.25, 0.3) is 0 Å². The monoisotopic (exact) mass is 520 g/mol. The van der Waals surface area contributed by atoms with Gasteiger partial charge in [-0.25, -0.2) is 0 Å². The molecule has 198 valence electrons. The Morgan fingerprint density at radius 3 is 2.65 bits per heavy atom. The Morgan fingerprint density at radius 1 is 0.950 bits per heavy atom. The van der Waals surface area contributed by atoms with Crippen molar-refractivity contribution < 1.29 is 0 Å². The number of nitrogens with zero attached hydrogens (tertiary/aromatic N) is 2. The van der Waals surface area contributed by atoms with Crippen LogP contribution in [-0.4, -0.2) is 9.13 Å². The molecule has 2 aliphatic rings. The van der Waals surface area contributed by atoms with Crippen molar-refractivity contribution >= 4 is 34.1 Å². The SMILES string of the molecule is CCC#Cn1c2c(c3c4ccc(/C=C/C5=CC=CCC5)cc4n(CCCC)c31)CCC(C#Cc1ccccc1)=C2. The lowest BCUT2D eigenvalue weighted by molar-refractivity contribution is 0.658. The lowest BCUT2D eigenvalue weighted by Gasteiger charge is -2.13. The van der Waals surface area contributed by atoms with E-state index < -0.39 is 0 Å². The quantitative estimate of drug-likeness (QED) is 0.232. The average Bonchev–Trinajstić information content (AvgIpc) is 3.49. The molecule has 2 aliphatic carbocycles. The van der Waals surface area contributed by atoms with Crippen molar-refractivity contribution in [2.24, 2.45) is 0 Å². The summed E-state index contributed by atoms with van der Waals surface area (Å²) in [7, 11) is 0. The summed E-state index contributed by atoms with van der Waals surface area (Å²) in [5.74, 6) is 10.2. The normalized spacial score (nSPS) is 14.4. The topological polar surface area (TPSA) is 9.86 Å². The Hall–Kier alpha value is -4.40. The van der Waals surface area contributed by atoms with Gasteiger partial charge in [0.05, 0.1) is 11.2 Å². The molecule has 0 aliphatic heterocycles. The maximum absolute atomic E-state index is 3.53. The molecule has 0 N–H and O–H groups in total. The van der Waals surface area contributed by atoms with Crippen molar-refractivity contribution in [3.63, 3.8) is 0 Å². The molecule has 2 nitrogen and oxygen atoms in total. The van der Waals surface area contributed by atoms with Gasteiger partial charge < -0.3 is 4.57 Å². The Labute approximate surface area is 238 Å². The van der Waals surface area contributed by atoms with Crippen LogP contribution >= 0.6 is 0 Å². The summed E-state index contributed by atoms with van der Waals surface area (Å²) in [6.07, 6.45) is 20.8. The molecule has 0 fully saturated rings. The minimum atomic E-state index is 0.827. The molecule has 0 saturated carbocycles. The fraction of sp³-hybridized carbons (Fsp3) is 0.263. The van der Waals surface area contributed by atoms with Gasteiger partial charge in [-0.3, -0.25) is 4.57 Å². The molecule has 0 saturated heterocycles. The third-order valence-electron chi connectivity index (χ3n) is 7.86. The lowest BCUT2D eigenvalue weighted by Crippen LogP contribution is -2.05. The van der Waals surface area contributed by atoms with Crippen LogP contribution in [0.25, 0.3) is 34.1 Å². The van der Waals surface area contributed by atoms with Gasteiger partial charge in [0.1, 0.15) is 5.65 Å². The Morgan fingerprint density at radius 2 is 1.85 bits per heavy atom. The zero-order valence-electron chi connectivity index (χ0n) is 23.6. The van der Waals surface area contributed by atoms with Crippen LogP contribution in [0.2, 0.25) is 0 Å². The second-order valence-electron chi connectivity index (χ2n) is 10.6. The summed E-state index contributed by atoms with van der Waals surface area (Å²) in [6.45, 7) is 5.38. The van der Waals surface area contributed by atoms with E-state index in [0.29, 0.717) is 0 Å². The molecule has 40 heavy (non-hydrogen) atoms. The molecule has 4 aromatic rings. The van der Waals surface area contributed by atoms with E-state index in [0.717, 1.165) is 57.1 Å². The van der Waals surface area contributed by atoms with Crippen molar-refractivity contribution in [3.05, 3.63) is 106 Å². The van der Waals surface area contributed by atoms with Crippen LogP contribution in [-0.2, 0) is 13.0 Å². The summed E-state index contributed by atoms with van der Waals surface area (Å²) in [5, 5.41) is 2.71. The fourth-order valence-corrected chi connectivity index (χ4v) is 5.82. The smallest absolute Gasteiger partial charge is 0.133 e. The van der Waals surface area contributed by atoms with Crippen molar-refractivity contribution in [2.75, 3.05) is 0 Å². The molecular weight excluding hydrogens is 484 g/mol. The van der Waals surface area contributed by atoms with Gasteiger partial charge in [0.2, 0.25) is 0 Å². The Bertz CT molecular complexity index is 1810. The van der Waals surface area contributed by atoms with E-state index in [2.05, 4.69) is 114 Å². The first-order chi connectivity index (χ1) is 19.8. The third kappa shape index (κ3) is 5.11. The van der Waals surface area contributed by atoms with Gasteiger partial charge in [-0.05, 0) is 73.1 Å². The molecule has 2 heteroatoms. The van der Waals surface area contributed by atoms with Gasteiger partial charge in [0, 0.05) is 40.9 Å². The largest absolute Gasteiger partial charge is 0.326 e. The van der Waals surface area contributed by atoms with Crippen molar-refractivity contribution in [1.29, 1.82) is 0 Å². The van der Waals surface area contributed by atoms with Crippen molar-refractivity contribution in [1.82, 2.24) is 9.13 Å². The van der Waals surface area contributed by atoms with Gasteiger partial charge in [0.15, 0.2) is 0 Å². The predicted molar refractivity (Wildman–Crippen MR) is 171 cm³/mol. The maximum atomic E-state index is 3.53. The number of fused-ring (bicyclic) bond motifs is 5. The molecule has 0 atom stereocenters. The molecule has 6 rings (SSSR count). The number of hydrogen-bond donors (Lipinski definition) is 0. The van der Waals surface area contributed by atoms with Gasteiger partial charge in [-0.2, -0.15) is 0 Å². The molecular formula is C38H36N2. The third-order valence-corrected chi connectivity index (χ3v) is 7.86. The fourth-order valence-electron chi connectivity index (χ4n) is 5.82. The Kier molecular flexibility index (Phi) is 7.61. The summed E-state index contributed by atoms with van der Waals surface area (Å²) in [4.78, 5) is 0. The van der Waals surface area contributed by atoms with Crippen LogP contribution in [0.4, 0.5) is 0 Å². The molecule has 0 amide bonds. The van der Waals surface area contributed by atoms with Crippen LogP contribution in [0, 0.1) is 23.8 Å². The number of rotatable bonds is 5. The lowest BCUT2D eigenvalue weighted by atomic mass is 9.94. The highest BCUT2D eigenvalue weighted by atomic mass is 15.1. The van der Waals surface area contributed by atoms with E-state index in [4.69, 9.17) is 0 Å². The zero-order valence-corrected chi connectivity index (χ0v) is 23.6. The van der Waals surface area contributed by atoms with Crippen LogP contribution in [0.1, 0.15) is 74.8 Å². The average molecular weight is 521 g/mol. The van der Waals surface area contributed by atoms with Crippen molar-refractivity contribution in [3.8, 4) is 23.8 Å². The highest BCUT2D eigenvalue weighted by molar-refractivity contribution is 6.11. The molecule has 2 aromatic carbocycles. The van der Waals surface area contributed by atoms with Gasteiger partial charge >= 0.3 is 0 Å². The minimum absolute atomic E-state index is 0.827. The van der Waals surface area contributed by atoms with Gasteiger partial charge in [-0.1, -0.05) is 98.7 Å². The summed E-state index contributed by atoms with van der Waals surface area (Å²) in [5.41, 5.74) is 10.0. The number of unbranched alkanes of at least 4 members (excludes halogenated alkanes) is 1. The highest BCUT2D eigenvalue weighted by Gasteiger charge is 2.25. The van der Waals surface area contributed by atoms with E-state index in [1.807, 2.05) is 18.2 Å². The first-order valence-electron chi connectivity index (χ1n) is 14.8. The van der Waals surface area contributed by atoms with Gasteiger partial charge in [-0.15, -0.1) is 0 Å². The van der Waals surface area contributed by atoms with Crippen LogP contribution in [0.15, 0.2) is 84.0 Å². The summed E-state index contributed by atoms with van der Waals surface area (Å²) < 4.78 is 4.79. The molecule has 0 unspecified atom stereocenters. The van der Waals surface area contributed by atoms with Crippen LogP contribution in [0.3, 0.4) is 0 Å². The number of aromatic nitrogens is 2. The molecule has 2 aromatic heterocycles. The molecule has 0 bridgehead atoms. The highest BCUT2D eigenvalue weighted by Crippen LogP contribution is 2.40. The number of allylic oxidation sites excluding steroid dienone is 6. The zero-order chi connectivity index (χ0) is 27.3. The molecule has 0 spiro atoms. The minimum Gasteiger partial charge on any atom is -0.326 e. The number of hydrogen-bond acceptors (Lipinski definition) is 0. The first-order valence-corrected chi connectivity index (χ1v) is 14.8. The van der Waals surface area contributed by atoms with E-state index in [1.54, 1.807) is 0 Å². The molecule has 2 heterocycles. The maximum Gasteiger partial charge on any atom is 0.133 e. The predicted octanol–water partition coefficient (Wildman–Crippen LogP) is 9.29. The summed E-state index contributed by atoms with van der Waals surface area (Å²) >= 11 is 0. The standard InChI is InChI=1S/C38H36N2/c1-3-5-25-39-35-27-31(19-17-29-13-9-7-10-14-29)21-23-33(35)37-34-24-22-32(20-18-30-15-11-8-12-16-30)28-36(34)40(38(37)39)26-6-4-2/h7-9,11-13,15-17,19,21,23,27-28H,3-5,10,14,22,24-25H2,1-2H3/b19-17+. The Balaban J connectivity index is 1.51. The number of aryl methyl sites for hydroxylation is 2. The van der Waals surface area contributed by atoms with Crippen LogP contribution in [0.5, 0.6) is 0 Å². The van der Waals surface area contributed by atoms with Crippen LogP contribution < -0.4 is 0 Å². The number of benzene rings is 2. The van der Waals surface area contributed by atoms with E-state index in [-0.39, 0.29) is 0 Å². The first kappa shape index (κ1) is 25.9. The molecule has 0 radical (unpaired) electrons. The van der Waals surface area contributed by atoms with E-state index in [1.165, 1.54) is 49.9 Å².